The van der Waals surface area contributed by atoms with Crippen molar-refractivity contribution in [2.75, 3.05) is 49.5 Å². The molecule has 2 aliphatic heterocycles. The van der Waals surface area contributed by atoms with E-state index < -0.39 is 0 Å². The van der Waals surface area contributed by atoms with Gasteiger partial charge in [0.15, 0.2) is 0 Å². The van der Waals surface area contributed by atoms with Crippen molar-refractivity contribution >= 4 is 23.2 Å². The smallest absolute Gasteiger partial charge is 0.242 e. The van der Waals surface area contributed by atoms with Crippen LogP contribution in [0.3, 0.4) is 0 Å². The maximum absolute atomic E-state index is 12.9. The molecule has 2 aromatic carbocycles. The molecule has 0 unspecified atom stereocenters. The van der Waals surface area contributed by atoms with Gasteiger partial charge in [0.05, 0.1) is 13.1 Å². The van der Waals surface area contributed by atoms with Crippen LogP contribution in [0.25, 0.3) is 0 Å². The predicted octanol–water partition coefficient (Wildman–Crippen LogP) is 2.84. The number of hydrogen-bond acceptors (Lipinski definition) is 4. The number of para-hydroxylation sites is 2. The lowest BCUT2D eigenvalue weighted by Crippen LogP contribution is -2.53. The molecule has 164 valence electrons. The van der Waals surface area contributed by atoms with Crippen molar-refractivity contribution in [1.82, 2.24) is 9.80 Å². The van der Waals surface area contributed by atoms with Gasteiger partial charge in [-0.25, -0.2) is 0 Å². The first-order valence-corrected chi connectivity index (χ1v) is 11.1. The monoisotopic (exact) mass is 420 g/mol. The average molecular weight is 421 g/mol. The SMILES string of the molecule is Cc1cccc(C)c1NC(=O)CN1CCN(C(=O)CN2c3ccccc3C[C@H]2C)CC1. The standard InChI is InChI=1S/C25H32N4O2/c1-18-7-6-8-19(2)25(18)26-23(30)16-27-11-13-28(14-12-27)24(31)17-29-20(3)15-21-9-4-5-10-22(21)29/h4-10,20H,11-17H2,1-3H3,(H,26,30)/t20-/m1/s1. The van der Waals surface area contributed by atoms with Crippen LogP contribution in [0.1, 0.15) is 23.6 Å². The number of anilines is 2. The van der Waals surface area contributed by atoms with Gasteiger partial charge in [-0.3, -0.25) is 14.5 Å². The highest BCUT2D eigenvalue weighted by Gasteiger charge is 2.30. The lowest BCUT2D eigenvalue weighted by molar-refractivity contribution is -0.131. The summed E-state index contributed by atoms with van der Waals surface area (Å²) in [7, 11) is 0. The number of carbonyl (C=O) groups is 2. The van der Waals surface area contributed by atoms with E-state index in [-0.39, 0.29) is 11.8 Å². The summed E-state index contributed by atoms with van der Waals surface area (Å²) >= 11 is 0. The molecule has 2 aromatic rings. The van der Waals surface area contributed by atoms with Crippen molar-refractivity contribution in [2.45, 2.75) is 33.2 Å². The Hall–Kier alpha value is -2.86. The Morgan fingerprint density at radius 1 is 0.935 bits per heavy atom. The number of rotatable bonds is 5. The van der Waals surface area contributed by atoms with Gasteiger partial charge in [-0.05, 0) is 49.9 Å². The Labute approximate surface area is 184 Å². The normalized spacial score (nSPS) is 18.7. The zero-order valence-electron chi connectivity index (χ0n) is 18.7. The summed E-state index contributed by atoms with van der Waals surface area (Å²) in [6, 6.07) is 14.7. The topological polar surface area (TPSA) is 55.9 Å². The summed E-state index contributed by atoms with van der Waals surface area (Å²) in [5.41, 5.74) is 5.55. The summed E-state index contributed by atoms with van der Waals surface area (Å²) in [6.45, 7) is 9.74. The van der Waals surface area contributed by atoms with Crippen molar-refractivity contribution in [3.8, 4) is 0 Å². The molecule has 2 amide bonds. The van der Waals surface area contributed by atoms with Crippen LogP contribution in [-0.2, 0) is 16.0 Å². The molecule has 31 heavy (non-hydrogen) atoms. The molecule has 0 radical (unpaired) electrons. The van der Waals surface area contributed by atoms with Crippen molar-refractivity contribution in [3.05, 3.63) is 59.2 Å². The zero-order chi connectivity index (χ0) is 22.0. The third-order valence-electron chi connectivity index (χ3n) is 6.49. The van der Waals surface area contributed by atoms with Gasteiger partial charge in [0.1, 0.15) is 0 Å². The van der Waals surface area contributed by atoms with E-state index in [4.69, 9.17) is 0 Å². The largest absolute Gasteiger partial charge is 0.359 e. The van der Waals surface area contributed by atoms with Crippen LogP contribution in [-0.4, -0.2) is 66.9 Å². The maximum atomic E-state index is 12.9. The Morgan fingerprint density at radius 3 is 2.32 bits per heavy atom. The number of amides is 2. The van der Waals surface area contributed by atoms with Crippen molar-refractivity contribution < 1.29 is 9.59 Å². The minimum absolute atomic E-state index is 0.000301. The molecule has 0 bridgehead atoms. The van der Waals surface area contributed by atoms with Crippen LogP contribution in [0.4, 0.5) is 11.4 Å². The van der Waals surface area contributed by atoms with E-state index in [1.54, 1.807) is 0 Å². The van der Waals surface area contributed by atoms with Crippen LogP contribution < -0.4 is 10.2 Å². The number of carbonyl (C=O) groups excluding carboxylic acids is 2. The number of aryl methyl sites for hydroxylation is 2. The lowest BCUT2D eigenvalue weighted by atomic mass is 10.1. The number of fused-ring (bicyclic) bond motifs is 1. The molecule has 2 heterocycles. The summed E-state index contributed by atoms with van der Waals surface area (Å²) in [5.74, 6) is 0.169. The Morgan fingerprint density at radius 2 is 1.61 bits per heavy atom. The van der Waals surface area contributed by atoms with Crippen LogP contribution in [0.15, 0.2) is 42.5 Å². The van der Waals surface area contributed by atoms with Gasteiger partial charge < -0.3 is 15.1 Å². The molecule has 0 saturated carbocycles. The zero-order valence-corrected chi connectivity index (χ0v) is 18.7. The lowest BCUT2D eigenvalue weighted by Gasteiger charge is -2.36. The quantitative estimate of drug-likeness (QED) is 0.808. The van der Waals surface area contributed by atoms with E-state index in [0.29, 0.717) is 32.2 Å². The molecule has 1 N–H and O–H groups in total. The number of benzene rings is 2. The van der Waals surface area contributed by atoms with E-state index in [1.165, 1.54) is 11.3 Å². The molecule has 6 heteroatoms. The van der Waals surface area contributed by atoms with Crippen molar-refractivity contribution in [2.24, 2.45) is 0 Å². The molecule has 4 rings (SSSR count). The highest BCUT2D eigenvalue weighted by Crippen LogP contribution is 2.31. The summed E-state index contributed by atoms with van der Waals surface area (Å²) < 4.78 is 0. The molecule has 0 aliphatic carbocycles. The third-order valence-corrected chi connectivity index (χ3v) is 6.49. The fraction of sp³-hybridized carbons (Fsp3) is 0.440. The third kappa shape index (κ3) is 4.74. The highest BCUT2D eigenvalue weighted by atomic mass is 16.2. The Balaban J connectivity index is 1.27. The van der Waals surface area contributed by atoms with E-state index in [1.807, 2.05) is 43.0 Å². The fourth-order valence-corrected chi connectivity index (χ4v) is 4.67. The van der Waals surface area contributed by atoms with Crippen LogP contribution in [0.5, 0.6) is 0 Å². The number of nitrogens with one attached hydrogen (secondary N) is 1. The van der Waals surface area contributed by atoms with E-state index in [9.17, 15) is 9.59 Å². The van der Waals surface area contributed by atoms with E-state index in [0.717, 1.165) is 36.3 Å². The van der Waals surface area contributed by atoms with E-state index >= 15 is 0 Å². The summed E-state index contributed by atoms with van der Waals surface area (Å²) in [4.78, 5) is 31.8. The molecule has 0 aromatic heterocycles. The fourth-order valence-electron chi connectivity index (χ4n) is 4.67. The predicted molar refractivity (Wildman–Crippen MR) is 125 cm³/mol. The first-order valence-electron chi connectivity index (χ1n) is 11.1. The second-order valence-electron chi connectivity index (χ2n) is 8.78. The minimum Gasteiger partial charge on any atom is -0.359 e. The number of nitrogens with zero attached hydrogens (tertiary/aromatic N) is 3. The van der Waals surface area contributed by atoms with Gasteiger partial charge in [-0.1, -0.05) is 36.4 Å². The van der Waals surface area contributed by atoms with Crippen LogP contribution in [0.2, 0.25) is 0 Å². The molecule has 6 nitrogen and oxygen atoms in total. The number of piperazine rings is 1. The van der Waals surface area contributed by atoms with Crippen molar-refractivity contribution in [1.29, 1.82) is 0 Å². The Bertz CT molecular complexity index is 945. The molecular weight excluding hydrogens is 388 g/mol. The minimum atomic E-state index is -0.000301. The second kappa shape index (κ2) is 9.10. The van der Waals surface area contributed by atoms with Crippen LogP contribution >= 0.6 is 0 Å². The van der Waals surface area contributed by atoms with Gasteiger partial charge in [-0.2, -0.15) is 0 Å². The molecular formula is C25H32N4O2. The highest BCUT2D eigenvalue weighted by molar-refractivity contribution is 5.93. The number of hydrogen-bond donors (Lipinski definition) is 1. The first-order chi connectivity index (χ1) is 14.9. The van der Waals surface area contributed by atoms with E-state index in [2.05, 4.69) is 40.2 Å². The maximum Gasteiger partial charge on any atom is 0.242 e. The average Bonchev–Trinajstić information content (AvgIpc) is 3.06. The molecule has 0 spiro atoms. The Kier molecular flexibility index (Phi) is 6.28. The molecule has 1 fully saturated rings. The second-order valence-corrected chi connectivity index (χ2v) is 8.78. The summed E-state index contributed by atoms with van der Waals surface area (Å²) in [5, 5.41) is 3.05. The molecule has 2 aliphatic rings. The molecule has 1 atom stereocenters. The van der Waals surface area contributed by atoms with Gasteiger partial charge >= 0.3 is 0 Å². The van der Waals surface area contributed by atoms with Gasteiger partial charge in [0.2, 0.25) is 11.8 Å². The van der Waals surface area contributed by atoms with Gasteiger partial charge in [0, 0.05) is 43.6 Å². The van der Waals surface area contributed by atoms with Crippen molar-refractivity contribution in [3.63, 3.8) is 0 Å². The summed E-state index contributed by atoms with van der Waals surface area (Å²) in [6.07, 6.45) is 0.993. The molecule has 1 saturated heterocycles. The van der Waals surface area contributed by atoms with Crippen LogP contribution in [0, 0.1) is 13.8 Å². The van der Waals surface area contributed by atoms with Gasteiger partial charge in [-0.15, -0.1) is 0 Å². The first kappa shape index (κ1) is 21.4. The van der Waals surface area contributed by atoms with Gasteiger partial charge in [0.25, 0.3) is 0 Å².